The number of benzene rings is 2. The molecule has 0 unspecified atom stereocenters. The van der Waals surface area contributed by atoms with E-state index in [0.717, 1.165) is 6.07 Å². The van der Waals surface area contributed by atoms with Gasteiger partial charge in [-0.15, -0.1) is 0 Å². The maximum atomic E-state index is 11.9. The van der Waals surface area contributed by atoms with Gasteiger partial charge >= 0.3 is 5.97 Å². The maximum absolute atomic E-state index is 11.9. The van der Waals surface area contributed by atoms with Gasteiger partial charge in [0.2, 0.25) is 0 Å². The highest BCUT2D eigenvalue weighted by Gasteiger charge is 2.15. The topological polar surface area (TPSA) is 89.5 Å². The fourth-order valence-corrected chi connectivity index (χ4v) is 2.42. The Bertz CT molecular complexity index is 695. The molecule has 0 bridgehead atoms. The number of hydrogen-bond acceptors (Lipinski definition) is 5. The highest BCUT2D eigenvalue weighted by Crippen LogP contribution is 2.29. The van der Waals surface area contributed by atoms with Gasteiger partial charge in [0.1, 0.15) is 5.75 Å². The predicted molar refractivity (Wildman–Crippen MR) is 70.1 cm³/mol. The molecule has 0 radical (unpaired) electrons. The monoisotopic (exact) mass is 310 g/mol. The lowest BCUT2D eigenvalue weighted by Gasteiger charge is -2.31. The number of hydrogen-bond donors (Lipinski definition) is 0. The lowest BCUT2D eigenvalue weighted by molar-refractivity contribution is -0.307. The Morgan fingerprint density at radius 2 is 1.65 bits per heavy atom. The van der Waals surface area contributed by atoms with Crippen LogP contribution in [0.25, 0.3) is 0 Å². The van der Waals surface area contributed by atoms with Crippen molar-refractivity contribution in [2.24, 2.45) is 0 Å². The molecule has 0 N–H and O–H groups in total. The molecule has 0 aliphatic carbocycles. The molecule has 0 aromatic heterocycles. The summed E-state index contributed by atoms with van der Waals surface area (Å²) in [5.41, 5.74) is 0.0793. The van der Waals surface area contributed by atoms with Gasteiger partial charge in [-0.25, -0.2) is 4.79 Å². The first-order valence-corrected chi connectivity index (χ1v) is 7.40. The number of rotatable bonds is 3. The minimum absolute atomic E-state index is 0.0793. The first-order chi connectivity index (χ1) is 9.39. The molecule has 0 aliphatic rings. The largest absolute Gasteiger partial charge is 0.807 e. The van der Waals surface area contributed by atoms with E-state index in [1.165, 1.54) is 30.3 Å². The molecule has 0 amide bonds. The number of esters is 1. The molecule has 2 aromatic carbocycles. The van der Waals surface area contributed by atoms with Gasteiger partial charge in [-0.2, -0.15) is 0 Å². The number of carbonyl (C=O) groups is 1. The summed E-state index contributed by atoms with van der Waals surface area (Å²) in [6.07, 6.45) is 0. The van der Waals surface area contributed by atoms with E-state index < -0.39 is 18.9 Å². The van der Waals surface area contributed by atoms with Crippen molar-refractivity contribution in [1.82, 2.24) is 0 Å². The third kappa shape index (κ3) is 3.26. The van der Waals surface area contributed by atoms with Crippen LogP contribution >= 0.6 is 19.2 Å². The van der Waals surface area contributed by atoms with Crippen LogP contribution in [0.3, 0.4) is 0 Å². The molecule has 2 rings (SSSR count). The van der Waals surface area contributed by atoms with Crippen molar-refractivity contribution in [3.05, 3.63) is 59.1 Å². The molecule has 2 aromatic rings. The van der Waals surface area contributed by atoms with E-state index in [4.69, 9.17) is 16.3 Å². The molecule has 0 atom stereocenters. The third-order valence-corrected chi connectivity index (χ3v) is 3.75. The van der Waals surface area contributed by atoms with Crippen molar-refractivity contribution in [3.63, 3.8) is 0 Å². The fraction of sp³-hybridized carbons (Fsp3) is 0. The highest BCUT2D eigenvalue weighted by atomic mass is 35.5. The summed E-state index contributed by atoms with van der Waals surface area (Å²) >= 11 is 5.84. The predicted octanol–water partition coefficient (Wildman–Crippen LogP) is 1.10. The third-order valence-electron chi connectivity index (χ3n) is 2.46. The molecule has 104 valence electrons. The Hall–Kier alpha value is -1.65. The second-order valence-electron chi connectivity index (χ2n) is 3.83. The van der Waals surface area contributed by atoms with Gasteiger partial charge in [-0.3, -0.25) is 0 Å². The van der Waals surface area contributed by atoms with Crippen LogP contribution in [0.2, 0.25) is 5.02 Å². The second kappa shape index (κ2) is 5.77. The first-order valence-electron chi connectivity index (χ1n) is 5.48. The molecule has 5 nitrogen and oxygen atoms in total. The summed E-state index contributed by atoms with van der Waals surface area (Å²) in [6.45, 7) is 0. The van der Waals surface area contributed by atoms with Gasteiger partial charge < -0.3 is 19.1 Å². The van der Waals surface area contributed by atoms with Gasteiger partial charge in [0.25, 0.3) is 0 Å². The van der Waals surface area contributed by atoms with Crippen molar-refractivity contribution in [2.45, 2.75) is 0 Å². The van der Waals surface area contributed by atoms with E-state index in [2.05, 4.69) is 0 Å². The summed E-state index contributed by atoms with van der Waals surface area (Å²) in [7, 11) is -5.03. The van der Waals surface area contributed by atoms with Crippen LogP contribution < -0.4 is 19.8 Å². The molecular formula is C13H8ClO5P-2. The summed E-state index contributed by atoms with van der Waals surface area (Å²) in [6, 6.07) is 11.3. The molecule has 0 saturated heterocycles. The highest BCUT2D eigenvalue weighted by molar-refractivity contribution is 7.57. The van der Waals surface area contributed by atoms with E-state index in [1.54, 1.807) is 12.1 Å². The van der Waals surface area contributed by atoms with Crippen molar-refractivity contribution >= 4 is 30.5 Å². The van der Waals surface area contributed by atoms with Gasteiger partial charge in [0.15, 0.2) is 0 Å². The second-order valence-corrected chi connectivity index (χ2v) is 5.72. The summed E-state index contributed by atoms with van der Waals surface area (Å²) in [5, 5.41) is -0.400. The molecule has 7 heteroatoms. The van der Waals surface area contributed by atoms with Crippen LogP contribution in [0.1, 0.15) is 10.4 Å². The van der Waals surface area contributed by atoms with Crippen molar-refractivity contribution < 1.29 is 23.9 Å². The van der Waals surface area contributed by atoms with Crippen LogP contribution in [0.15, 0.2) is 48.5 Å². The van der Waals surface area contributed by atoms with Crippen LogP contribution in [-0.2, 0) is 4.57 Å². The van der Waals surface area contributed by atoms with E-state index in [9.17, 15) is 19.1 Å². The molecule has 0 spiro atoms. The van der Waals surface area contributed by atoms with Crippen LogP contribution in [0.4, 0.5) is 0 Å². The van der Waals surface area contributed by atoms with Crippen molar-refractivity contribution in [3.8, 4) is 5.75 Å². The smallest absolute Gasteiger partial charge is 0.345 e. The summed E-state index contributed by atoms with van der Waals surface area (Å²) in [4.78, 5) is 34.1. The average Bonchev–Trinajstić information content (AvgIpc) is 2.38. The van der Waals surface area contributed by atoms with Gasteiger partial charge in [-0.05, 0) is 25.8 Å². The molecule has 0 aliphatic heterocycles. The summed E-state index contributed by atoms with van der Waals surface area (Å²) in [5.74, 6) is -1.15. The lowest BCUT2D eigenvalue weighted by Crippen LogP contribution is -2.27. The fourth-order valence-electron chi connectivity index (χ4n) is 1.55. The van der Waals surface area contributed by atoms with E-state index in [1.807, 2.05) is 0 Å². The first kappa shape index (κ1) is 14.8. The number of carbonyl (C=O) groups excluding carboxylic acids is 1. The van der Waals surface area contributed by atoms with Gasteiger partial charge in [-0.1, -0.05) is 41.9 Å². The Morgan fingerprint density at radius 1 is 1.05 bits per heavy atom. The lowest BCUT2D eigenvalue weighted by atomic mass is 10.2. The maximum Gasteiger partial charge on any atom is 0.345 e. The zero-order chi connectivity index (χ0) is 14.8. The Morgan fingerprint density at radius 3 is 2.30 bits per heavy atom. The molecule has 0 saturated carbocycles. The van der Waals surface area contributed by atoms with E-state index in [-0.39, 0.29) is 16.3 Å². The van der Waals surface area contributed by atoms with Gasteiger partial charge in [0, 0.05) is 5.30 Å². The standard InChI is InChI=1S/C13H10ClO5P/c14-10-6-2-1-5-9(10)13(15)19-11-7-3-4-8-12(11)20(16,17)18/h1-8H,(H2,16,17,18)/p-2. The minimum atomic E-state index is -5.03. The summed E-state index contributed by atoms with van der Waals surface area (Å²) < 4.78 is 16.0. The Balaban J connectivity index is 2.34. The number of halogens is 1. The van der Waals surface area contributed by atoms with Crippen LogP contribution in [-0.4, -0.2) is 5.97 Å². The quantitative estimate of drug-likeness (QED) is 0.481. The number of para-hydroxylation sites is 1. The van der Waals surface area contributed by atoms with E-state index >= 15 is 0 Å². The van der Waals surface area contributed by atoms with Crippen LogP contribution in [0, 0.1) is 0 Å². The van der Waals surface area contributed by atoms with Crippen molar-refractivity contribution in [2.75, 3.05) is 0 Å². The minimum Gasteiger partial charge on any atom is -0.807 e. The Labute approximate surface area is 119 Å². The average molecular weight is 311 g/mol. The van der Waals surface area contributed by atoms with E-state index in [0.29, 0.717) is 0 Å². The molecular weight excluding hydrogens is 303 g/mol. The molecule has 0 fully saturated rings. The molecule has 0 heterocycles. The van der Waals surface area contributed by atoms with Gasteiger partial charge in [0.05, 0.1) is 10.6 Å². The van der Waals surface area contributed by atoms with Crippen molar-refractivity contribution in [1.29, 1.82) is 0 Å². The zero-order valence-corrected chi connectivity index (χ0v) is 11.6. The molecule has 20 heavy (non-hydrogen) atoms. The zero-order valence-electron chi connectivity index (χ0n) is 9.99. The SMILES string of the molecule is O=C(Oc1ccccc1P(=O)([O-])[O-])c1ccccc1Cl. The normalized spacial score (nSPS) is 11.2. The Kier molecular flexibility index (Phi) is 4.26. The van der Waals surface area contributed by atoms with Crippen LogP contribution in [0.5, 0.6) is 5.75 Å². The number of ether oxygens (including phenoxy) is 1.